The van der Waals surface area contributed by atoms with E-state index in [4.69, 9.17) is 10.5 Å². The summed E-state index contributed by atoms with van der Waals surface area (Å²) in [5.74, 6) is -0.358. The van der Waals surface area contributed by atoms with Crippen molar-refractivity contribution < 1.29 is 9.53 Å². The zero-order chi connectivity index (χ0) is 12.4. The molecule has 0 bridgehead atoms. The third-order valence-electron chi connectivity index (χ3n) is 2.59. The second kappa shape index (κ2) is 5.84. The molecule has 6 heteroatoms. The number of carbonyl (C=O) groups excluding carboxylic acids is 1. The molecule has 2 aromatic rings. The van der Waals surface area contributed by atoms with Crippen molar-refractivity contribution in [1.29, 1.82) is 0 Å². The maximum absolute atomic E-state index is 11.7. The number of nitrogens with zero attached hydrogens (tertiary/aromatic N) is 1. The Morgan fingerprint density at radius 3 is 2.89 bits per heavy atom. The molecule has 0 aliphatic rings. The standard InChI is InChI=1S/C12H15N3O2.ClH/c1-7(13)6-10-11-8(12(16)17-2)4-3-5-9(11)14-15-10;/h3-5,7H,6,13H2,1-2H3,(H,14,15);1H. The summed E-state index contributed by atoms with van der Waals surface area (Å²) in [5, 5.41) is 7.89. The van der Waals surface area contributed by atoms with E-state index in [1.54, 1.807) is 12.1 Å². The van der Waals surface area contributed by atoms with Crippen LogP contribution in [0.25, 0.3) is 10.9 Å². The molecule has 5 nitrogen and oxygen atoms in total. The van der Waals surface area contributed by atoms with Crippen LogP contribution in [0.4, 0.5) is 0 Å². The average Bonchev–Trinajstić information content (AvgIpc) is 2.71. The van der Waals surface area contributed by atoms with E-state index in [1.807, 2.05) is 13.0 Å². The van der Waals surface area contributed by atoms with Gasteiger partial charge in [-0.15, -0.1) is 12.4 Å². The van der Waals surface area contributed by atoms with Crippen molar-refractivity contribution in [2.45, 2.75) is 19.4 Å². The van der Waals surface area contributed by atoms with Crippen molar-refractivity contribution in [3.63, 3.8) is 0 Å². The Labute approximate surface area is 111 Å². The van der Waals surface area contributed by atoms with Crippen LogP contribution in [0.3, 0.4) is 0 Å². The molecule has 0 radical (unpaired) electrons. The molecule has 0 aliphatic carbocycles. The first-order valence-electron chi connectivity index (χ1n) is 5.43. The minimum Gasteiger partial charge on any atom is -0.465 e. The zero-order valence-corrected chi connectivity index (χ0v) is 11.1. The Hall–Kier alpha value is -1.59. The molecule has 1 unspecified atom stereocenters. The van der Waals surface area contributed by atoms with Gasteiger partial charge in [0.25, 0.3) is 0 Å². The minimum atomic E-state index is -0.358. The van der Waals surface area contributed by atoms with Gasteiger partial charge in [0.2, 0.25) is 0 Å². The van der Waals surface area contributed by atoms with Crippen molar-refractivity contribution >= 4 is 29.3 Å². The van der Waals surface area contributed by atoms with Gasteiger partial charge in [-0.3, -0.25) is 5.10 Å². The van der Waals surface area contributed by atoms with Crippen molar-refractivity contribution in [3.05, 3.63) is 29.5 Å². The van der Waals surface area contributed by atoms with Crippen LogP contribution in [0, 0.1) is 0 Å². The highest BCUT2D eigenvalue weighted by Crippen LogP contribution is 2.22. The molecule has 1 aromatic heterocycles. The number of esters is 1. The lowest BCUT2D eigenvalue weighted by Crippen LogP contribution is -2.18. The number of ether oxygens (including phenoxy) is 1. The Morgan fingerprint density at radius 2 is 2.28 bits per heavy atom. The van der Waals surface area contributed by atoms with E-state index in [0.717, 1.165) is 16.6 Å². The lowest BCUT2D eigenvalue weighted by atomic mass is 10.0. The Kier molecular flexibility index (Phi) is 4.69. The van der Waals surface area contributed by atoms with Gasteiger partial charge in [0, 0.05) is 23.5 Å². The smallest absolute Gasteiger partial charge is 0.338 e. The lowest BCUT2D eigenvalue weighted by molar-refractivity contribution is 0.0603. The normalized spacial score (nSPS) is 11.9. The molecular weight excluding hydrogens is 254 g/mol. The molecule has 3 N–H and O–H groups in total. The topological polar surface area (TPSA) is 81.0 Å². The zero-order valence-electron chi connectivity index (χ0n) is 10.3. The SMILES string of the molecule is COC(=O)c1cccc2n[nH]c(CC(C)N)c12.Cl. The van der Waals surface area contributed by atoms with Crippen LogP contribution in [0.15, 0.2) is 18.2 Å². The highest BCUT2D eigenvalue weighted by atomic mass is 35.5. The van der Waals surface area contributed by atoms with E-state index in [1.165, 1.54) is 7.11 Å². The number of hydrogen-bond donors (Lipinski definition) is 2. The van der Waals surface area contributed by atoms with Gasteiger partial charge in [0.1, 0.15) is 0 Å². The predicted molar refractivity (Wildman–Crippen MR) is 72.0 cm³/mol. The molecule has 0 spiro atoms. The van der Waals surface area contributed by atoms with Crippen molar-refractivity contribution in [2.75, 3.05) is 7.11 Å². The molecule has 0 amide bonds. The van der Waals surface area contributed by atoms with E-state index < -0.39 is 0 Å². The lowest BCUT2D eigenvalue weighted by Gasteiger charge is -2.05. The Bertz CT molecular complexity index is 551. The van der Waals surface area contributed by atoms with Gasteiger partial charge in [-0.25, -0.2) is 4.79 Å². The quantitative estimate of drug-likeness (QED) is 0.831. The molecule has 1 aromatic carbocycles. The van der Waals surface area contributed by atoms with Gasteiger partial charge in [-0.2, -0.15) is 5.10 Å². The summed E-state index contributed by atoms with van der Waals surface area (Å²) >= 11 is 0. The van der Waals surface area contributed by atoms with Crippen molar-refractivity contribution in [3.8, 4) is 0 Å². The largest absolute Gasteiger partial charge is 0.465 e. The molecule has 1 atom stereocenters. The van der Waals surface area contributed by atoms with Gasteiger partial charge in [-0.05, 0) is 19.1 Å². The number of rotatable bonds is 3. The molecule has 1 heterocycles. The highest BCUT2D eigenvalue weighted by molar-refractivity contribution is 6.04. The monoisotopic (exact) mass is 269 g/mol. The van der Waals surface area contributed by atoms with Crippen LogP contribution >= 0.6 is 12.4 Å². The number of aromatic nitrogens is 2. The molecule has 18 heavy (non-hydrogen) atoms. The number of methoxy groups -OCH3 is 1. The number of H-pyrrole nitrogens is 1. The molecule has 98 valence electrons. The van der Waals surface area contributed by atoms with Crippen LogP contribution in [-0.2, 0) is 11.2 Å². The second-order valence-corrected chi connectivity index (χ2v) is 4.07. The van der Waals surface area contributed by atoms with E-state index in [9.17, 15) is 4.79 Å². The van der Waals surface area contributed by atoms with Gasteiger partial charge in [0.15, 0.2) is 0 Å². The number of fused-ring (bicyclic) bond motifs is 1. The van der Waals surface area contributed by atoms with Gasteiger partial charge in [0.05, 0.1) is 18.2 Å². The molecule has 0 aliphatic heterocycles. The number of nitrogens with two attached hydrogens (primary N) is 1. The molecule has 0 fully saturated rings. The van der Waals surface area contributed by atoms with E-state index in [2.05, 4.69) is 10.2 Å². The molecule has 0 saturated carbocycles. The predicted octanol–water partition coefficient (Wildman–Crippen LogP) is 1.66. The van der Waals surface area contributed by atoms with E-state index >= 15 is 0 Å². The van der Waals surface area contributed by atoms with Gasteiger partial charge >= 0.3 is 5.97 Å². The van der Waals surface area contributed by atoms with Crippen molar-refractivity contribution in [1.82, 2.24) is 10.2 Å². The van der Waals surface area contributed by atoms with Crippen LogP contribution in [-0.4, -0.2) is 29.3 Å². The molecule has 2 rings (SSSR count). The first kappa shape index (κ1) is 14.5. The summed E-state index contributed by atoms with van der Waals surface area (Å²) < 4.78 is 4.76. The fourth-order valence-electron chi connectivity index (χ4n) is 1.88. The first-order chi connectivity index (χ1) is 8.13. The minimum absolute atomic E-state index is 0. The maximum atomic E-state index is 11.7. The molecule has 0 saturated heterocycles. The van der Waals surface area contributed by atoms with E-state index in [0.29, 0.717) is 12.0 Å². The summed E-state index contributed by atoms with van der Waals surface area (Å²) in [6.07, 6.45) is 0.643. The maximum Gasteiger partial charge on any atom is 0.338 e. The Morgan fingerprint density at radius 1 is 1.56 bits per heavy atom. The van der Waals surface area contributed by atoms with E-state index in [-0.39, 0.29) is 24.4 Å². The number of nitrogens with one attached hydrogen (secondary N) is 1. The number of carbonyl (C=O) groups is 1. The summed E-state index contributed by atoms with van der Waals surface area (Å²) in [5.41, 5.74) is 7.92. The van der Waals surface area contributed by atoms with Crippen LogP contribution in [0.2, 0.25) is 0 Å². The fourth-order valence-corrected chi connectivity index (χ4v) is 1.88. The van der Waals surface area contributed by atoms with Gasteiger partial charge in [-0.1, -0.05) is 6.07 Å². The summed E-state index contributed by atoms with van der Waals surface area (Å²) in [6.45, 7) is 1.91. The summed E-state index contributed by atoms with van der Waals surface area (Å²) in [7, 11) is 1.37. The van der Waals surface area contributed by atoms with Crippen molar-refractivity contribution in [2.24, 2.45) is 5.73 Å². The first-order valence-corrected chi connectivity index (χ1v) is 5.43. The molecular formula is C12H16ClN3O2. The number of hydrogen-bond acceptors (Lipinski definition) is 4. The van der Waals surface area contributed by atoms with Crippen LogP contribution in [0.5, 0.6) is 0 Å². The average molecular weight is 270 g/mol. The van der Waals surface area contributed by atoms with Crippen LogP contribution < -0.4 is 5.73 Å². The number of aromatic amines is 1. The number of benzene rings is 1. The third kappa shape index (κ3) is 2.63. The fraction of sp³-hybridized carbons (Fsp3) is 0.333. The summed E-state index contributed by atoms with van der Waals surface area (Å²) in [6, 6.07) is 5.37. The van der Waals surface area contributed by atoms with Gasteiger partial charge < -0.3 is 10.5 Å². The highest BCUT2D eigenvalue weighted by Gasteiger charge is 2.16. The number of halogens is 1. The Balaban J connectivity index is 0.00000162. The third-order valence-corrected chi connectivity index (χ3v) is 2.59. The summed E-state index contributed by atoms with van der Waals surface area (Å²) in [4.78, 5) is 11.7. The second-order valence-electron chi connectivity index (χ2n) is 4.07. The van der Waals surface area contributed by atoms with Crippen LogP contribution in [0.1, 0.15) is 23.0 Å².